The number of carbonyl (C=O) groups is 1. The van der Waals surface area contributed by atoms with Gasteiger partial charge in [0.2, 0.25) is 11.9 Å². The molecule has 1 aliphatic rings. The number of nitrogen functional groups attached to an aromatic ring is 1. The van der Waals surface area contributed by atoms with E-state index in [1.165, 1.54) is 12.1 Å². The van der Waals surface area contributed by atoms with Crippen LogP contribution in [0.25, 0.3) is 11.1 Å². The minimum absolute atomic E-state index is 0.129. The largest absolute Gasteiger partial charge is 0.497 e. The average Bonchev–Trinajstić information content (AvgIpc) is 2.81. The molecule has 2 heterocycles. The van der Waals surface area contributed by atoms with Crippen LogP contribution < -0.4 is 15.8 Å². The maximum atomic E-state index is 13.1. The summed E-state index contributed by atoms with van der Waals surface area (Å²) in [5, 5.41) is 2.82. The van der Waals surface area contributed by atoms with Crippen LogP contribution in [0.5, 0.6) is 5.75 Å². The van der Waals surface area contributed by atoms with E-state index in [1.807, 2.05) is 24.3 Å². The minimum Gasteiger partial charge on any atom is -0.497 e. The maximum absolute atomic E-state index is 13.1. The average molecular weight is 436 g/mol. The lowest BCUT2D eigenvalue weighted by Gasteiger charge is -2.32. The Kier molecular flexibility index (Phi) is 6.61. The molecular formula is C24H26FN5O2. The summed E-state index contributed by atoms with van der Waals surface area (Å²) >= 11 is 0. The zero-order valence-corrected chi connectivity index (χ0v) is 17.9. The van der Waals surface area contributed by atoms with Crippen molar-refractivity contribution in [3.05, 3.63) is 66.2 Å². The number of benzene rings is 2. The molecule has 0 saturated carbocycles. The number of nitrogens with zero attached hydrogens (tertiary/aromatic N) is 3. The van der Waals surface area contributed by atoms with Crippen molar-refractivity contribution in [2.45, 2.75) is 18.8 Å². The number of aromatic nitrogens is 2. The molecule has 1 amide bonds. The van der Waals surface area contributed by atoms with Crippen LogP contribution in [-0.2, 0) is 4.79 Å². The second kappa shape index (κ2) is 9.74. The molecule has 0 spiro atoms. The highest BCUT2D eigenvalue weighted by Crippen LogP contribution is 2.34. The van der Waals surface area contributed by atoms with Gasteiger partial charge in [0.05, 0.1) is 19.3 Å². The number of nitrogens with one attached hydrogen (secondary N) is 1. The molecule has 32 heavy (non-hydrogen) atoms. The second-order valence-electron chi connectivity index (χ2n) is 7.88. The predicted molar refractivity (Wildman–Crippen MR) is 122 cm³/mol. The van der Waals surface area contributed by atoms with Crippen LogP contribution >= 0.6 is 0 Å². The van der Waals surface area contributed by atoms with Gasteiger partial charge in [-0.15, -0.1) is 0 Å². The highest BCUT2D eigenvalue weighted by atomic mass is 19.1. The molecule has 1 saturated heterocycles. The van der Waals surface area contributed by atoms with Crippen LogP contribution in [0, 0.1) is 5.82 Å². The van der Waals surface area contributed by atoms with Gasteiger partial charge in [-0.2, -0.15) is 0 Å². The fraction of sp³-hybridized carbons (Fsp3) is 0.292. The molecule has 3 aromatic rings. The summed E-state index contributed by atoms with van der Waals surface area (Å²) in [5.74, 6) is 0.685. The fourth-order valence-electron chi connectivity index (χ4n) is 4.07. The minimum atomic E-state index is -0.335. The summed E-state index contributed by atoms with van der Waals surface area (Å²) < 4.78 is 18.3. The van der Waals surface area contributed by atoms with Crippen molar-refractivity contribution in [1.82, 2.24) is 14.9 Å². The first-order valence-electron chi connectivity index (χ1n) is 10.6. The number of rotatable bonds is 6. The highest BCUT2D eigenvalue weighted by Gasteiger charge is 2.26. The van der Waals surface area contributed by atoms with Crippen LogP contribution in [0.1, 0.15) is 24.5 Å². The summed E-state index contributed by atoms with van der Waals surface area (Å²) in [6, 6.07) is 13.5. The van der Waals surface area contributed by atoms with Crippen LogP contribution in [-0.4, -0.2) is 47.5 Å². The number of likely N-dealkylation sites (tertiary alicyclic amines) is 1. The third kappa shape index (κ3) is 5.20. The monoisotopic (exact) mass is 435 g/mol. The van der Waals surface area contributed by atoms with Crippen molar-refractivity contribution in [2.75, 3.05) is 37.8 Å². The van der Waals surface area contributed by atoms with E-state index in [0.717, 1.165) is 42.0 Å². The maximum Gasteiger partial charge on any atom is 0.238 e. The number of amides is 1. The van der Waals surface area contributed by atoms with E-state index < -0.39 is 0 Å². The molecule has 1 fully saturated rings. The Balaban J connectivity index is 1.48. The van der Waals surface area contributed by atoms with Crippen molar-refractivity contribution < 1.29 is 13.9 Å². The van der Waals surface area contributed by atoms with Gasteiger partial charge in [-0.3, -0.25) is 9.69 Å². The number of methoxy groups -OCH3 is 1. The molecule has 7 nitrogen and oxygen atoms in total. The van der Waals surface area contributed by atoms with Crippen molar-refractivity contribution in [3.8, 4) is 16.9 Å². The Bertz CT molecular complexity index is 1070. The van der Waals surface area contributed by atoms with Crippen LogP contribution in [0.4, 0.5) is 16.0 Å². The molecule has 3 N–H and O–H groups in total. The lowest BCUT2D eigenvalue weighted by molar-refractivity contribution is -0.117. The lowest BCUT2D eigenvalue weighted by atomic mass is 9.90. The van der Waals surface area contributed by atoms with E-state index >= 15 is 0 Å². The first kappa shape index (κ1) is 21.7. The van der Waals surface area contributed by atoms with E-state index in [1.54, 1.807) is 25.4 Å². The highest BCUT2D eigenvalue weighted by molar-refractivity contribution is 5.92. The molecule has 8 heteroatoms. The Hall–Kier alpha value is -3.52. The topological polar surface area (TPSA) is 93.4 Å². The molecule has 0 bridgehead atoms. The van der Waals surface area contributed by atoms with Crippen molar-refractivity contribution >= 4 is 17.5 Å². The smallest absolute Gasteiger partial charge is 0.238 e. The van der Waals surface area contributed by atoms with E-state index in [4.69, 9.17) is 10.5 Å². The number of anilines is 2. The van der Waals surface area contributed by atoms with Gasteiger partial charge < -0.3 is 15.8 Å². The number of piperidine rings is 1. The first-order chi connectivity index (χ1) is 15.5. The summed E-state index contributed by atoms with van der Waals surface area (Å²) in [6.07, 6.45) is 3.66. The van der Waals surface area contributed by atoms with Gasteiger partial charge in [0.15, 0.2) is 0 Å². The Morgan fingerprint density at radius 3 is 2.69 bits per heavy atom. The molecule has 166 valence electrons. The van der Waals surface area contributed by atoms with Crippen LogP contribution in [0.3, 0.4) is 0 Å². The van der Waals surface area contributed by atoms with E-state index in [2.05, 4.69) is 20.2 Å². The Labute approximate surface area is 186 Å². The van der Waals surface area contributed by atoms with Gasteiger partial charge in [0.25, 0.3) is 0 Å². The third-order valence-electron chi connectivity index (χ3n) is 5.63. The summed E-state index contributed by atoms with van der Waals surface area (Å²) in [7, 11) is 1.63. The number of carbonyl (C=O) groups excluding carboxylic acids is 1. The fourth-order valence-corrected chi connectivity index (χ4v) is 4.07. The summed E-state index contributed by atoms with van der Waals surface area (Å²) in [4.78, 5) is 23.4. The number of hydrogen-bond donors (Lipinski definition) is 2. The quantitative estimate of drug-likeness (QED) is 0.613. The number of ether oxygens (including phenoxy) is 1. The Morgan fingerprint density at radius 2 is 1.97 bits per heavy atom. The normalized spacial score (nSPS) is 16.5. The molecule has 1 aliphatic heterocycles. The molecule has 0 aliphatic carbocycles. The molecule has 1 atom stereocenters. The van der Waals surface area contributed by atoms with Gasteiger partial charge >= 0.3 is 0 Å². The SMILES string of the molecule is COc1ccc(-c2cnc(N)nc2[C@@H]2CCCN(CC(=O)Nc3ccc(F)cc3)C2)cc1. The van der Waals surface area contributed by atoms with Crippen LogP contribution in [0.15, 0.2) is 54.7 Å². The summed E-state index contributed by atoms with van der Waals surface area (Å²) in [5.41, 5.74) is 9.32. The van der Waals surface area contributed by atoms with Crippen molar-refractivity contribution in [1.29, 1.82) is 0 Å². The van der Waals surface area contributed by atoms with E-state index in [0.29, 0.717) is 12.2 Å². The van der Waals surface area contributed by atoms with Crippen molar-refractivity contribution in [3.63, 3.8) is 0 Å². The van der Waals surface area contributed by atoms with E-state index in [9.17, 15) is 9.18 Å². The molecule has 0 radical (unpaired) electrons. The molecule has 4 rings (SSSR count). The third-order valence-corrected chi connectivity index (χ3v) is 5.63. The summed E-state index contributed by atoms with van der Waals surface area (Å²) in [6.45, 7) is 1.77. The van der Waals surface area contributed by atoms with Gasteiger partial charge in [-0.25, -0.2) is 14.4 Å². The lowest BCUT2D eigenvalue weighted by Crippen LogP contribution is -2.40. The van der Waals surface area contributed by atoms with Crippen molar-refractivity contribution in [2.24, 2.45) is 0 Å². The van der Waals surface area contributed by atoms with Gasteiger partial charge in [0.1, 0.15) is 11.6 Å². The molecule has 0 unspecified atom stereocenters. The van der Waals surface area contributed by atoms with Gasteiger partial charge in [-0.1, -0.05) is 12.1 Å². The molecule has 1 aromatic heterocycles. The number of nitrogens with two attached hydrogens (primary N) is 1. The van der Waals surface area contributed by atoms with Crippen LogP contribution in [0.2, 0.25) is 0 Å². The van der Waals surface area contributed by atoms with Gasteiger partial charge in [-0.05, 0) is 61.3 Å². The molecular weight excluding hydrogens is 409 g/mol. The number of hydrogen-bond acceptors (Lipinski definition) is 6. The van der Waals surface area contributed by atoms with Gasteiger partial charge in [0, 0.05) is 29.9 Å². The standard InChI is InChI=1S/C24H26FN5O2/c1-32-20-10-4-16(5-11-20)21-13-27-24(26)29-23(21)17-3-2-12-30(14-17)15-22(31)28-19-8-6-18(25)7-9-19/h4-11,13,17H,2-3,12,14-15H2,1H3,(H,28,31)(H2,26,27,29)/t17-/m1/s1. The first-order valence-corrected chi connectivity index (χ1v) is 10.6. The predicted octanol–water partition coefficient (Wildman–Crippen LogP) is 3.69. The second-order valence-corrected chi connectivity index (χ2v) is 7.88. The number of halogens is 1. The molecule has 2 aromatic carbocycles. The zero-order valence-electron chi connectivity index (χ0n) is 17.9. The van der Waals surface area contributed by atoms with E-state index in [-0.39, 0.29) is 30.1 Å². The Morgan fingerprint density at radius 1 is 1.22 bits per heavy atom. The zero-order chi connectivity index (χ0) is 22.5.